The van der Waals surface area contributed by atoms with Crippen LogP contribution in [0.5, 0.6) is 0 Å². The zero-order valence-corrected chi connectivity index (χ0v) is 13.2. The van der Waals surface area contributed by atoms with Gasteiger partial charge in [-0.2, -0.15) is 5.26 Å². The average Bonchev–Trinajstić information content (AvgIpc) is 2.84. The van der Waals surface area contributed by atoms with Crippen molar-refractivity contribution in [1.82, 2.24) is 9.88 Å². The maximum atomic E-state index is 12.1. The number of carbonyl (C=O) groups is 1. The molecule has 1 aromatic heterocycles. The lowest BCUT2D eigenvalue weighted by Crippen LogP contribution is -2.29. The van der Waals surface area contributed by atoms with Gasteiger partial charge in [-0.05, 0) is 37.6 Å². The first-order chi connectivity index (χ1) is 10.8. The minimum absolute atomic E-state index is 0.105. The molecular weight excluding hydrogens is 318 g/mol. The number of rotatable bonds is 4. The standard InChI is InChI=1S/C15H13N3O4S/c1-10-15(11(2)22-17-10)23(20,21)18-14(19)7-6-12-4-3-5-13(8-12)9-16/h3-8H,1-2H3,(H,18,19)/b7-6+. The van der Waals surface area contributed by atoms with E-state index in [1.165, 1.54) is 19.9 Å². The summed E-state index contributed by atoms with van der Waals surface area (Å²) in [4.78, 5) is 11.7. The van der Waals surface area contributed by atoms with Crippen molar-refractivity contribution in [3.63, 3.8) is 0 Å². The molecule has 0 atom stereocenters. The average molecular weight is 331 g/mol. The van der Waals surface area contributed by atoms with Crippen LogP contribution < -0.4 is 4.72 Å². The molecule has 8 heteroatoms. The second kappa shape index (κ2) is 6.46. The first-order valence-electron chi connectivity index (χ1n) is 6.51. The highest BCUT2D eigenvalue weighted by atomic mass is 32.2. The van der Waals surface area contributed by atoms with Crippen LogP contribution in [0.15, 0.2) is 39.8 Å². The Hall–Kier alpha value is -2.92. The number of aromatic nitrogens is 1. The Morgan fingerprint density at radius 3 is 2.74 bits per heavy atom. The number of nitrogens with one attached hydrogen (secondary N) is 1. The van der Waals surface area contributed by atoms with E-state index in [4.69, 9.17) is 9.78 Å². The first kappa shape index (κ1) is 16.5. The quantitative estimate of drug-likeness (QED) is 0.853. The summed E-state index contributed by atoms with van der Waals surface area (Å²) in [6, 6.07) is 8.53. The summed E-state index contributed by atoms with van der Waals surface area (Å²) in [5.74, 6) is -0.708. The van der Waals surface area contributed by atoms with Crippen molar-refractivity contribution in [1.29, 1.82) is 5.26 Å². The SMILES string of the molecule is Cc1noc(C)c1S(=O)(=O)NC(=O)/C=C/c1cccc(C#N)c1. The van der Waals surface area contributed by atoms with E-state index in [9.17, 15) is 13.2 Å². The number of hydrogen-bond donors (Lipinski definition) is 1. The molecule has 7 nitrogen and oxygen atoms in total. The maximum Gasteiger partial charge on any atom is 0.269 e. The predicted molar refractivity (Wildman–Crippen MR) is 81.5 cm³/mol. The molecule has 118 valence electrons. The van der Waals surface area contributed by atoms with E-state index < -0.39 is 15.9 Å². The Morgan fingerprint density at radius 2 is 2.13 bits per heavy atom. The van der Waals surface area contributed by atoms with Crippen LogP contribution in [0.4, 0.5) is 0 Å². The number of benzene rings is 1. The monoisotopic (exact) mass is 331 g/mol. The van der Waals surface area contributed by atoms with E-state index >= 15 is 0 Å². The molecule has 1 amide bonds. The smallest absolute Gasteiger partial charge is 0.269 e. The largest absolute Gasteiger partial charge is 0.360 e. The third-order valence-corrected chi connectivity index (χ3v) is 4.50. The van der Waals surface area contributed by atoms with Crippen LogP contribution in [0, 0.1) is 25.2 Å². The van der Waals surface area contributed by atoms with Crippen molar-refractivity contribution in [2.24, 2.45) is 0 Å². The Bertz CT molecular complexity index is 901. The number of aryl methyl sites for hydroxylation is 2. The van der Waals surface area contributed by atoms with Crippen LogP contribution >= 0.6 is 0 Å². The fourth-order valence-corrected chi connectivity index (χ4v) is 3.24. The van der Waals surface area contributed by atoms with Crippen LogP contribution in [0.2, 0.25) is 0 Å². The summed E-state index contributed by atoms with van der Waals surface area (Å²) in [6.45, 7) is 2.92. The van der Waals surface area contributed by atoms with Crippen LogP contribution in [0.1, 0.15) is 22.6 Å². The van der Waals surface area contributed by atoms with Crippen LogP contribution in [0.3, 0.4) is 0 Å². The van der Waals surface area contributed by atoms with Crippen molar-refractivity contribution in [2.45, 2.75) is 18.7 Å². The molecular formula is C15H13N3O4S. The Balaban J connectivity index is 2.16. The number of nitrogens with zero attached hydrogens (tertiary/aromatic N) is 2. The fraction of sp³-hybridized carbons (Fsp3) is 0.133. The van der Waals surface area contributed by atoms with E-state index in [-0.39, 0.29) is 16.3 Å². The summed E-state index contributed by atoms with van der Waals surface area (Å²) in [5, 5.41) is 12.4. The molecule has 1 heterocycles. The summed E-state index contributed by atoms with van der Waals surface area (Å²) in [6.07, 6.45) is 2.49. The third-order valence-electron chi connectivity index (χ3n) is 2.91. The van der Waals surface area contributed by atoms with Gasteiger partial charge in [0.1, 0.15) is 5.69 Å². The van der Waals surface area contributed by atoms with Gasteiger partial charge in [0, 0.05) is 6.08 Å². The maximum absolute atomic E-state index is 12.1. The summed E-state index contributed by atoms with van der Waals surface area (Å²) in [7, 11) is -4.05. The van der Waals surface area contributed by atoms with Crippen LogP contribution in [-0.2, 0) is 14.8 Å². The highest BCUT2D eigenvalue weighted by Gasteiger charge is 2.25. The minimum Gasteiger partial charge on any atom is -0.360 e. The van der Waals surface area contributed by atoms with E-state index in [0.717, 1.165) is 6.08 Å². The molecule has 2 rings (SSSR count). The molecule has 0 fully saturated rings. The zero-order chi connectivity index (χ0) is 17.0. The molecule has 0 radical (unpaired) electrons. The normalized spacial score (nSPS) is 11.3. The fourth-order valence-electron chi connectivity index (χ4n) is 1.96. The van der Waals surface area contributed by atoms with Gasteiger partial charge in [-0.15, -0.1) is 0 Å². The van der Waals surface area contributed by atoms with Crippen molar-refractivity contribution < 1.29 is 17.7 Å². The van der Waals surface area contributed by atoms with Crippen LogP contribution in [0.25, 0.3) is 6.08 Å². The first-order valence-corrected chi connectivity index (χ1v) is 7.99. The molecule has 2 aromatic rings. The molecule has 1 N–H and O–H groups in total. The summed E-state index contributed by atoms with van der Waals surface area (Å²) < 4.78 is 31.0. The highest BCUT2D eigenvalue weighted by Crippen LogP contribution is 2.18. The lowest BCUT2D eigenvalue weighted by atomic mass is 10.1. The Morgan fingerprint density at radius 1 is 1.39 bits per heavy atom. The lowest BCUT2D eigenvalue weighted by Gasteiger charge is -2.03. The Labute approximate surface area is 133 Å². The summed E-state index contributed by atoms with van der Waals surface area (Å²) in [5.41, 5.74) is 1.22. The van der Waals surface area contributed by atoms with Gasteiger partial charge in [-0.1, -0.05) is 17.3 Å². The minimum atomic E-state index is -4.05. The van der Waals surface area contributed by atoms with Gasteiger partial charge >= 0.3 is 0 Å². The molecule has 0 aliphatic rings. The molecule has 0 bridgehead atoms. The molecule has 0 aliphatic heterocycles. The number of hydrogen-bond acceptors (Lipinski definition) is 6. The van der Waals surface area contributed by atoms with Gasteiger partial charge in [0.05, 0.1) is 11.6 Å². The lowest BCUT2D eigenvalue weighted by molar-refractivity contribution is -0.114. The van der Waals surface area contributed by atoms with Gasteiger partial charge in [0.25, 0.3) is 15.9 Å². The van der Waals surface area contributed by atoms with Crippen molar-refractivity contribution >= 4 is 22.0 Å². The van der Waals surface area contributed by atoms with Crippen LogP contribution in [-0.4, -0.2) is 19.5 Å². The summed E-state index contributed by atoms with van der Waals surface area (Å²) >= 11 is 0. The second-order valence-corrected chi connectivity index (χ2v) is 6.31. The van der Waals surface area contributed by atoms with Gasteiger partial charge in [0.15, 0.2) is 10.7 Å². The number of nitriles is 1. The Kier molecular flexibility index (Phi) is 4.62. The number of sulfonamides is 1. The predicted octanol–water partition coefficient (Wildman–Crippen LogP) is 1.68. The number of carbonyl (C=O) groups excluding carboxylic acids is 1. The third kappa shape index (κ3) is 3.84. The van der Waals surface area contributed by atoms with E-state index in [0.29, 0.717) is 11.1 Å². The van der Waals surface area contributed by atoms with Gasteiger partial charge in [-0.3, -0.25) is 4.79 Å². The molecule has 0 unspecified atom stereocenters. The molecule has 0 saturated carbocycles. The van der Waals surface area contributed by atoms with E-state index in [1.54, 1.807) is 24.3 Å². The van der Waals surface area contributed by atoms with Crippen molar-refractivity contribution in [2.75, 3.05) is 0 Å². The zero-order valence-electron chi connectivity index (χ0n) is 12.4. The van der Waals surface area contributed by atoms with E-state index in [2.05, 4.69) is 5.16 Å². The van der Waals surface area contributed by atoms with Gasteiger partial charge < -0.3 is 4.52 Å². The van der Waals surface area contributed by atoms with Gasteiger partial charge in [-0.25, -0.2) is 13.1 Å². The van der Waals surface area contributed by atoms with Crippen molar-refractivity contribution in [3.8, 4) is 6.07 Å². The molecule has 1 aromatic carbocycles. The molecule has 23 heavy (non-hydrogen) atoms. The second-order valence-electron chi connectivity index (χ2n) is 4.69. The van der Waals surface area contributed by atoms with Crippen molar-refractivity contribution in [3.05, 3.63) is 52.9 Å². The van der Waals surface area contributed by atoms with E-state index in [1.807, 2.05) is 10.8 Å². The number of amides is 1. The topological polar surface area (TPSA) is 113 Å². The molecule has 0 saturated heterocycles. The molecule has 0 aliphatic carbocycles. The van der Waals surface area contributed by atoms with Gasteiger partial charge in [0.2, 0.25) is 0 Å². The highest BCUT2D eigenvalue weighted by molar-refractivity contribution is 7.90. The molecule has 0 spiro atoms.